The molecule has 1 amide bonds. The first kappa shape index (κ1) is 20.2. The van der Waals surface area contributed by atoms with Gasteiger partial charge in [-0.3, -0.25) is 14.6 Å². The van der Waals surface area contributed by atoms with Crippen molar-refractivity contribution in [1.29, 1.82) is 0 Å². The number of amides is 1. The third-order valence-electron chi connectivity index (χ3n) is 5.09. The predicted molar refractivity (Wildman–Crippen MR) is 116 cm³/mol. The minimum absolute atomic E-state index is 0.134. The molecule has 0 aliphatic carbocycles. The summed E-state index contributed by atoms with van der Waals surface area (Å²) >= 11 is 1.35. The first-order chi connectivity index (χ1) is 14.5. The number of aromatic amines is 1. The lowest BCUT2D eigenvalue weighted by Crippen LogP contribution is -2.60. The summed E-state index contributed by atoms with van der Waals surface area (Å²) in [4.78, 5) is 30.4. The lowest BCUT2D eigenvalue weighted by atomic mass is 10.0. The van der Waals surface area contributed by atoms with Crippen LogP contribution in [-0.2, 0) is 4.79 Å². The van der Waals surface area contributed by atoms with Gasteiger partial charge in [0.15, 0.2) is 0 Å². The van der Waals surface area contributed by atoms with Crippen LogP contribution in [0.4, 0.5) is 5.69 Å². The second kappa shape index (κ2) is 7.95. The zero-order valence-corrected chi connectivity index (χ0v) is 18.1. The van der Waals surface area contributed by atoms with E-state index in [9.17, 15) is 9.59 Å². The van der Waals surface area contributed by atoms with Gasteiger partial charge in [0.25, 0.3) is 6.17 Å². The Morgan fingerprint density at radius 2 is 2.07 bits per heavy atom. The molecule has 154 valence electrons. The molecule has 0 fully saturated rings. The maximum Gasteiger partial charge on any atom is 0.325 e. The Labute approximate surface area is 178 Å². The van der Waals surface area contributed by atoms with Crippen molar-refractivity contribution in [3.05, 3.63) is 63.9 Å². The van der Waals surface area contributed by atoms with Crippen LogP contribution >= 0.6 is 11.8 Å². The van der Waals surface area contributed by atoms with Crippen LogP contribution in [-0.4, -0.2) is 28.9 Å². The number of carbonyl (C=O) groups excluding carboxylic acids is 1. The van der Waals surface area contributed by atoms with Crippen molar-refractivity contribution in [3.8, 4) is 17.0 Å². The molecule has 3 aromatic rings. The number of aryl methyl sites for hydroxylation is 1. The summed E-state index contributed by atoms with van der Waals surface area (Å²) in [5.41, 5.74) is 3.35. The molecule has 0 spiro atoms. The van der Waals surface area contributed by atoms with Crippen molar-refractivity contribution in [3.63, 3.8) is 0 Å². The normalized spacial score (nSPS) is 14.8. The Hall–Kier alpha value is -3.13. The summed E-state index contributed by atoms with van der Waals surface area (Å²) in [7, 11) is 0. The molecule has 1 atom stereocenters. The Morgan fingerprint density at radius 3 is 2.73 bits per heavy atom. The highest BCUT2D eigenvalue weighted by atomic mass is 32.2. The van der Waals surface area contributed by atoms with Crippen LogP contribution in [0.15, 0.2) is 52.4 Å². The zero-order chi connectivity index (χ0) is 21.4. The van der Waals surface area contributed by atoms with E-state index in [0.29, 0.717) is 28.7 Å². The van der Waals surface area contributed by atoms with E-state index in [4.69, 9.17) is 4.74 Å². The fraction of sp³-hybridized carbons (Fsp3) is 0.273. The number of fused-ring (bicyclic) bond motifs is 3. The van der Waals surface area contributed by atoms with E-state index < -0.39 is 6.17 Å². The van der Waals surface area contributed by atoms with Gasteiger partial charge in [0.05, 0.1) is 17.9 Å². The van der Waals surface area contributed by atoms with Gasteiger partial charge < -0.3 is 4.74 Å². The van der Waals surface area contributed by atoms with Gasteiger partial charge in [-0.2, -0.15) is 0 Å². The highest BCUT2D eigenvalue weighted by molar-refractivity contribution is 7.98. The van der Waals surface area contributed by atoms with Crippen molar-refractivity contribution in [2.45, 2.75) is 32.1 Å². The molecular weight excluding hydrogens is 400 g/mol. The molecule has 0 saturated carbocycles. The first-order valence-corrected chi connectivity index (χ1v) is 10.9. The van der Waals surface area contributed by atoms with Crippen LogP contribution in [0.25, 0.3) is 11.3 Å². The van der Waals surface area contributed by atoms with Crippen molar-refractivity contribution in [2.24, 2.45) is 0 Å². The standard InChI is InChI=1S/C22H22N4O3S/c1-5-29-18-11-10-15(12-13(18)2)21-25(14(3)27)17-9-7-6-8-16(17)19-20(28)23-22(30-4)24-26(19)21/h6-12,21H,5H2,1-4H3/p+1. The molecular formula is C22H23N4O3S+. The number of anilines is 1. The number of carbonyl (C=O) groups is 1. The average molecular weight is 424 g/mol. The second-order valence-corrected chi connectivity index (χ2v) is 7.79. The number of rotatable bonds is 4. The van der Waals surface area contributed by atoms with E-state index in [1.807, 2.05) is 62.6 Å². The number of thioether (sulfide) groups is 1. The van der Waals surface area contributed by atoms with Crippen LogP contribution < -0.4 is 19.9 Å². The third kappa shape index (κ3) is 3.27. The fourth-order valence-electron chi connectivity index (χ4n) is 3.86. The Bertz CT molecular complexity index is 1190. The summed E-state index contributed by atoms with van der Waals surface area (Å²) in [5.74, 6) is 0.658. The van der Waals surface area contributed by atoms with Crippen LogP contribution in [0.1, 0.15) is 31.1 Å². The van der Waals surface area contributed by atoms with Crippen LogP contribution in [0, 0.1) is 6.92 Å². The highest BCUT2D eigenvalue weighted by Gasteiger charge is 2.44. The molecule has 8 heteroatoms. The van der Waals surface area contributed by atoms with Gasteiger partial charge in [-0.15, -0.1) is 0 Å². The number of aromatic nitrogens is 3. The third-order valence-corrected chi connectivity index (χ3v) is 5.66. The van der Waals surface area contributed by atoms with E-state index >= 15 is 0 Å². The van der Waals surface area contributed by atoms with Gasteiger partial charge in [0.2, 0.25) is 11.1 Å². The lowest BCUT2D eigenvalue weighted by molar-refractivity contribution is -0.763. The molecule has 0 saturated heterocycles. The largest absolute Gasteiger partial charge is 0.494 e. The molecule has 4 rings (SSSR count). The fourth-order valence-corrected chi connectivity index (χ4v) is 4.22. The van der Waals surface area contributed by atoms with Gasteiger partial charge in [-0.25, -0.2) is 4.90 Å². The SMILES string of the molecule is CCOc1ccc(C2N(C(C)=O)c3ccccc3-c3c(=O)[nH]c(SC)n[n+]32)cc1C. The molecule has 2 heterocycles. The molecule has 30 heavy (non-hydrogen) atoms. The van der Waals surface area contributed by atoms with E-state index in [2.05, 4.69) is 10.1 Å². The molecule has 1 aliphatic rings. The molecule has 7 nitrogen and oxygen atoms in total. The highest BCUT2D eigenvalue weighted by Crippen LogP contribution is 2.37. The summed E-state index contributed by atoms with van der Waals surface area (Å²) in [6.45, 7) is 6.00. The van der Waals surface area contributed by atoms with E-state index in [-0.39, 0.29) is 11.5 Å². The Kier molecular flexibility index (Phi) is 5.34. The first-order valence-electron chi connectivity index (χ1n) is 9.69. The molecule has 1 aromatic heterocycles. The summed E-state index contributed by atoms with van der Waals surface area (Å²) < 4.78 is 7.33. The van der Waals surface area contributed by atoms with Gasteiger partial charge in [0, 0.05) is 17.6 Å². The van der Waals surface area contributed by atoms with E-state index in [1.54, 1.807) is 9.58 Å². The number of ether oxygens (including phenoxy) is 1. The van der Waals surface area contributed by atoms with Crippen molar-refractivity contribution in [2.75, 3.05) is 17.8 Å². The van der Waals surface area contributed by atoms with Crippen molar-refractivity contribution >= 4 is 23.4 Å². The van der Waals surface area contributed by atoms with Gasteiger partial charge in [-0.05, 0) is 60.7 Å². The van der Waals surface area contributed by atoms with Crippen LogP contribution in [0.2, 0.25) is 0 Å². The number of benzene rings is 2. The van der Waals surface area contributed by atoms with Gasteiger partial charge in [-0.1, -0.05) is 23.9 Å². The number of H-pyrrole nitrogens is 1. The molecule has 2 aromatic carbocycles. The molecule has 0 bridgehead atoms. The minimum Gasteiger partial charge on any atom is -0.494 e. The molecule has 0 radical (unpaired) electrons. The van der Waals surface area contributed by atoms with Crippen molar-refractivity contribution < 1.29 is 14.2 Å². The lowest BCUT2D eigenvalue weighted by Gasteiger charge is -2.31. The monoisotopic (exact) mass is 423 g/mol. The number of nitrogens with zero attached hydrogens (tertiary/aromatic N) is 3. The zero-order valence-electron chi connectivity index (χ0n) is 17.3. The van der Waals surface area contributed by atoms with E-state index in [1.165, 1.54) is 18.7 Å². The number of hydrogen-bond donors (Lipinski definition) is 1. The van der Waals surface area contributed by atoms with Gasteiger partial charge >= 0.3 is 11.3 Å². The average Bonchev–Trinajstić information content (AvgIpc) is 2.73. The van der Waals surface area contributed by atoms with Crippen molar-refractivity contribution in [1.82, 2.24) is 10.1 Å². The van der Waals surface area contributed by atoms with Crippen LogP contribution in [0.5, 0.6) is 5.75 Å². The van der Waals surface area contributed by atoms with Crippen LogP contribution in [0.3, 0.4) is 0 Å². The molecule has 1 unspecified atom stereocenters. The quantitative estimate of drug-likeness (QED) is 0.515. The summed E-state index contributed by atoms with van der Waals surface area (Å²) in [6, 6.07) is 13.2. The van der Waals surface area contributed by atoms with E-state index in [0.717, 1.165) is 16.9 Å². The smallest absolute Gasteiger partial charge is 0.325 e. The summed E-state index contributed by atoms with van der Waals surface area (Å²) in [6.07, 6.45) is 1.26. The Balaban J connectivity index is 2.02. The number of hydrogen-bond acceptors (Lipinski definition) is 5. The molecule has 1 aliphatic heterocycles. The topological polar surface area (TPSA) is 79.2 Å². The Morgan fingerprint density at radius 1 is 1.30 bits per heavy atom. The number of nitrogens with one attached hydrogen (secondary N) is 1. The number of para-hydroxylation sites is 1. The predicted octanol–water partition coefficient (Wildman–Crippen LogP) is 3.07. The maximum absolute atomic E-state index is 13.0. The second-order valence-electron chi connectivity index (χ2n) is 6.99. The maximum atomic E-state index is 13.0. The van der Waals surface area contributed by atoms with Gasteiger partial charge in [0.1, 0.15) is 5.75 Å². The minimum atomic E-state index is -0.588. The molecule has 1 N–H and O–H groups in total. The summed E-state index contributed by atoms with van der Waals surface area (Å²) in [5, 5.41) is 5.15.